The fraction of sp³-hybridized carbons (Fsp3) is 0. The van der Waals surface area contributed by atoms with Crippen molar-refractivity contribution in [2.45, 2.75) is 0 Å². The first-order valence-electron chi connectivity index (χ1n) is 17.3. The van der Waals surface area contributed by atoms with E-state index < -0.39 is 0 Å². The lowest BCUT2D eigenvalue weighted by Gasteiger charge is -2.14. The summed E-state index contributed by atoms with van der Waals surface area (Å²) >= 11 is 0. The summed E-state index contributed by atoms with van der Waals surface area (Å²) in [6.45, 7) is 0. The average molecular weight is 635 g/mol. The van der Waals surface area contributed by atoms with Gasteiger partial charge in [-0.1, -0.05) is 127 Å². The van der Waals surface area contributed by atoms with Crippen molar-refractivity contribution in [3.63, 3.8) is 0 Å². The Bertz CT molecular complexity index is 3070. The smallest absolute Gasteiger partial charge is 0.0541 e. The van der Waals surface area contributed by atoms with Crippen LogP contribution in [0.15, 0.2) is 182 Å². The van der Waals surface area contributed by atoms with E-state index in [2.05, 4.69) is 191 Å². The maximum atomic E-state index is 2.44. The van der Waals surface area contributed by atoms with Gasteiger partial charge in [0.05, 0.1) is 22.1 Å². The van der Waals surface area contributed by atoms with Crippen LogP contribution in [-0.4, -0.2) is 9.13 Å². The van der Waals surface area contributed by atoms with Crippen molar-refractivity contribution in [2.24, 2.45) is 0 Å². The van der Waals surface area contributed by atoms with E-state index >= 15 is 0 Å². The molecule has 232 valence electrons. The zero-order valence-electron chi connectivity index (χ0n) is 27.2. The predicted octanol–water partition coefficient (Wildman–Crippen LogP) is 13.0. The highest BCUT2D eigenvalue weighted by Crippen LogP contribution is 2.40. The predicted molar refractivity (Wildman–Crippen MR) is 213 cm³/mol. The van der Waals surface area contributed by atoms with Gasteiger partial charge in [0.1, 0.15) is 0 Å². The molecular formula is C48H30N2. The molecule has 11 aromatic rings. The maximum absolute atomic E-state index is 2.44. The number of hydrogen-bond donors (Lipinski definition) is 0. The van der Waals surface area contributed by atoms with Crippen LogP contribution in [0.3, 0.4) is 0 Å². The van der Waals surface area contributed by atoms with Crippen molar-refractivity contribution < 1.29 is 0 Å². The molecule has 0 saturated carbocycles. The first kappa shape index (κ1) is 27.3. The Morgan fingerprint density at radius 1 is 0.220 bits per heavy atom. The summed E-state index contributed by atoms with van der Waals surface area (Å²) in [6.07, 6.45) is 0. The third-order valence-corrected chi connectivity index (χ3v) is 10.7. The largest absolute Gasteiger partial charge is 0.309 e. The minimum absolute atomic E-state index is 1.17. The molecule has 0 bridgehead atoms. The number of benzene rings is 9. The van der Waals surface area contributed by atoms with Crippen LogP contribution in [0.1, 0.15) is 0 Å². The van der Waals surface area contributed by atoms with Gasteiger partial charge in [-0.25, -0.2) is 0 Å². The van der Waals surface area contributed by atoms with Gasteiger partial charge in [0.2, 0.25) is 0 Å². The molecule has 0 atom stereocenters. The number of aromatic nitrogens is 2. The van der Waals surface area contributed by atoms with Gasteiger partial charge in [-0.15, -0.1) is 0 Å². The van der Waals surface area contributed by atoms with Crippen LogP contribution in [0.4, 0.5) is 0 Å². The Balaban J connectivity index is 1.11. The van der Waals surface area contributed by atoms with E-state index in [0.717, 1.165) is 0 Å². The van der Waals surface area contributed by atoms with Gasteiger partial charge < -0.3 is 9.13 Å². The van der Waals surface area contributed by atoms with E-state index in [1.54, 1.807) is 0 Å². The molecule has 0 N–H and O–H groups in total. The van der Waals surface area contributed by atoms with Gasteiger partial charge in [0, 0.05) is 32.9 Å². The Labute approximate surface area is 288 Å². The zero-order valence-corrected chi connectivity index (χ0v) is 27.2. The zero-order chi connectivity index (χ0) is 32.8. The second-order valence-corrected chi connectivity index (χ2v) is 13.3. The van der Waals surface area contributed by atoms with Crippen LogP contribution in [-0.2, 0) is 0 Å². The summed E-state index contributed by atoms with van der Waals surface area (Å²) in [5.41, 5.74) is 9.61. The number of para-hydroxylation sites is 3. The van der Waals surface area contributed by atoms with Crippen LogP contribution in [0, 0.1) is 0 Å². The minimum Gasteiger partial charge on any atom is -0.309 e. The van der Waals surface area contributed by atoms with Crippen molar-refractivity contribution in [1.29, 1.82) is 0 Å². The SMILES string of the molecule is c1cc(-c2ccc3c(c2)c2ccccc2n3-c2ccc3c4ccccc4c4ccccc4c3c2)cc(-n2c3ccccc3c3ccccc32)c1. The summed E-state index contributed by atoms with van der Waals surface area (Å²) in [5, 5.41) is 12.8. The second kappa shape index (κ2) is 10.4. The molecule has 0 spiro atoms. The lowest BCUT2D eigenvalue weighted by Crippen LogP contribution is -1.95. The van der Waals surface area contributed by atoms with Gasteiger partial charge in [0.25, 0.3) is 0 Å². The minimum atomic E-state index is 1.17. The van der Waals surface area contributed by atoms with Gasteiger partial charge in [-0.05, 0) is 98.0 Å². The maximum Gasteiger partial charge on any atom is 0.0541 e. The van der Waals surface area contributed by atoms with Crippen LogP contribution in [0.2, 0.25) is 0 Å². The van der Waals surface area contributed by atoms with E-state index in [0.29, 0.717) is 0 Å². The highest BCUT2D eigenvalue weighted by Gasteiger charge is 2.16. The molecule has 0 fully saturated rings. The fourth-order valence-corrected chi connectivity index (χ4v) is 8.49. The summed E-state index contributed by atoms with van der Waals surface area (Å²) in [5.74, 6) is 0. The van der Waals surface area contributed by atoms with E-state index in [-0.39, 0.29) is 0 Å². The van der Waals surface area contributed by atoms with E-state index in [1.165, 1.54) is 98.4 Å². The molecule has 0 radical (unpaired) electrons. The third-order valence-electron chi connectivity index (χ3n) is 10.7. The highest BCUT2D eigenvalue weighted by atomic mass is 15.0. The van der Waals surface area contributed by atoms with Crippen molar-refractivity contribution in [3.05, 3.63) is 182 Å². The number of nitrogens with zero attached hydrogens (tertiary/aromatic N) is 2. The lowest BCUT2D eigenvalue weighted by atomic mass is 9.94. The molecular weight excluding hydrogens is 605 g/mol. The monoisotopic (exact) mass is 634 g/mol. The summed E-state index contributed by atoms with van der Waals surface area (Å²) in [4.78, 5) is 0. The fourth-order valence-electron chi connectivity index (χ4n) is 8.49. The number of hydrogen-bond acceptors (Lipinski definition) is 0. The van der Waals surface area contributed by atoms with Crippen LogP contribution in [0.5, 0.6) is 0 Å². The van der Waals surface area contributed by atoms with Crippen molar-refractivity contribution in [1.82, 2.24) is 9.13 Å². The Morgan fingerprint density at radius 3 is 1.22 bits per heavy atom. The number of rotatable bonds is 3. The van der Waals surface area contributed by atoms with Crippen molar-refractivity contribution in [3.8, 4) is 22.5 Å². The summed E-state index contributed by atoms with van der Waals surface area (Å²) in [6, 6.07) is 66.8. The normalized spacial score (nSPS) is 12.0. The van der Waals surface area contributed by atoms with Gasteiger partial charge in [0.15, 0.2) is 0 Å². The van der Waals surface area contributed by atoms with Gasteiger partial charge >= 0.3 is 0 Å². The molecule has 0 amide bonds. The number of fused-ring (bicyclic) bond motifs is 12. The van der Waals surface area contributed by atoms with E-state index in [1.807, 2.05) is 0 Å². The standard InChI is InChI=1S/C48H30N2/c1-2-16-37-35(14-1)36-15-3-4-17-38(36)43-30-34(25-26-39(37)43)50-47-23-10-7-20-42(47)44-29-32(24-27-48(44)50)31-12-11-13-33(28-31)49-45-21-8-5-18-40(45)41-19-6-9-22-46(41)49/h1-30H. The van der Waals surface area contributed by atoms with E-state index in [9.17, 15) is 0 Å². The van der Waals surface area contributed by atoms with Crippen molar-refractivity contribution >= 4 is 75.9 Å². The first-order chi connectivity index (χ1) is 24.8. The van der Waals surface area contributed by atoms with Gasteiger partial charge in [-0.2, -0.15) is 0 Å². The Hall–Kier alpha value is -6.64. The third kappa shape index (κ3) is 3.85. The molecule has 0 aliphatic carbocycles. The molecule has 2 aromatic heterocycles. The summed E-state index contributed by atoms with van der Waals surface area (Å²) in [7, 11) is 0. The highest BCUT2D eigenvalue weighted by molar-refractivity contribution is 6.25. The Morgan fingerprint density at radius 2 is 0.640 bits per heavy atom. The first-order valence-corrected chi connectivity index (χ1v) is 17.3. The molecule has 0 unspecified atom stereocenters. The molecule has 0 aliphatic rings. The second-order valence-electron chi connectivity index (χ2n) is 13.3. The molecule has 50 heavy (non-hydrogen) atoms. The molecule has 11 rings (SSSR count). The van der Waals surface area contributed by atoms with Crippen LogP contribution in [0.25, 0.3) is 98.4 Å². The van der Waals surface area contributed by atoms with Crippen LogP contribution >= 0.6 is 0 Å². The quantitative estimate of drug-likeness (QED) is 0.171. The van der Waals surface area contributed by atoms with Crippen molar-refractivity contribution in [2.75, 3.05) is 0 Å². The average Bonchev–Trinajstić information content (AvgIpc) is 3.71. The van der Waals surface area contributed by atoms with Crippen LogP contribution < -0.4 is 0 Å². The molecule has 2 nitrogen and oxygen atoms in total. The summed E-state index contributed by atoms with van der Waals surface area (Å²) < 4.78 is 4.83. The molecule has 2 heterocycles. The Kier molecular flexibility index (Phi) is 5.70. The molecule has 9 aromatic carbocycles. The topological polar surface area (TPSA) is 9.86 Å². The molecule has 0 aliphatic heterocycles. The molecule has 2 heteroatoms. The van der Waals surface area contributed by atoms with E-state index in [4.69, 9.17) is 0 Å². The lowest BCUT2D eigenvalue weighted by molar-refractivity contribution is 1.18. The van der Waals surface area contributed by atoms with Gasteiger partial charge in [-0.3, -0.25) is 0 Å². The molecule has 0 saturated heterocycles.